The van der Waals surface area contributed by atoms with Gasteiger partial charge in [0.15, 0.2) is 5.82 Å². The van der Waals surface area contributed by atoms with E-state index in [0.29, 0.717) is 19.0 Å². The average Bonchev–Trinajstić information content (AvgIpc) is 2.75. The molecule has 0 atom stereocenters. The summed E-state index contributed by atoms with van der Waals surface area (Å²) in [6.45, 7) is 8.17. The summed E-state index contributed by atoms with van der Waals surface area (Å²) in [5.41, 5.74) is -0.937. The Morgan fingerprint density at radius 2 is 2.06 bits per heavy atom. The van der Waals surface area contributed by atoms with Crippen molar-refractivity contribution in [2.45, 2.75) is 39.7 Å². The molecule has 0 saturated heterocycles. The van der Waals surface area contributed by atoms with Crippen molar-refractivity contribution >= 4 is 5.97 Å². The van der Waals surface area contributed by atoms with E-state index in [0.717, 1.165) is 0 Å². The molecule has 0 aliphatic carbocycles. The Balaban J connectivity index is 2.77. The van der Waals surface area contributed by atoms with Gasteiger partial charge in [-0.3, -0.25) is 4.79 Å². The highest BCUT2D eigenvalue weighted by molar-refractivity contribution is 5.80. The van der Waals surface area contributed by atoms with Gasteiger partial charge in [-0.25, -0.2) is 0 Å². The van der Waals surface area contributed by atoms with Crippen molar-refractivity contribution in [3.05, 3.63) is 11.7 Å². The molecule has 1 aromatic rings. The van der Waals surface area contributed by atoms with Crippen molar-refractivity contribution in [3.8, 4) is 0 Å². The molecule has 0 saturated carbocycles. The van der Waals surface area contributed by atoms with Crippen LogP contribution < -0.4 is 0 Å². The zero-order chi connectivity index (χ0) is 12.9. The van der Waals surface area contributed by atoms with Crippen LogP contribution in [0.1, 0.15) is 39.4 Å². The minimum atomic E-state index is -0.937. The highest BCUT2D eigenvalue weighted by Gasteiger charge is 2.37. The van der Waals surface area contributed by atoms with E-state index in [4.69, 9.17) is 14.0 Å². The Kier molecular flexibility index (Phi) is 4.62. The van der Waals surface area contributed by atoms with Crippen LogP contribution in [0.2, 0.25) is 0 Å². The first-order valence-electron chi connectivity index (χ1n) is 5.60. The lowest BCUT2D eigenvalue weighted by Gasteiger charge is -2.16. The minimum Gasteiger partial charge on any atom is -0.465 e. The van der Waals surface area contributed by atoms with Crippen molar-refractivity contribution < 1.29 is 18.8 Å². The Hall–Kier alpha value is -1.43. The maximum atomic E-state index is 11.7. The summed E-state index contributed by atoms with van der Waals surface area (Å²) in [5.74, 6) is 0.288. The van der Waals surface area contributed by atoms with Crippen molar-refractivity contribution in [2.75, 3.05) is 13.2 Å². The second-order valence-electron chi connectivity index (χ2n) is 4.00. The number of esters is 1. The van der Waals surface area contributed by atoms with E-state index < -0.39 is 5.41 Å². The van der Waals surface area contributed by atoms with Crippen molar-refractivity contribution in [2.24, 2.45) is 0 Å². The van der Waals surface area contributed by atoms with Crippen LogP contribution in [-0.2, 0) is 26.3 Å². The first-order valence-corrected chi connectivity index (χ1v) is 5.60. The molecular weight excluding hydrogens is 224 g/mol. The van der Waals surface area contributed by atoms with Gasteiger partial charge in [0.25, 0.3) is 0 Å². The smallest absolute Gasteiger partial charge is 0.321 e. The number of nitrogens with zero attached hydrogens (tertiary/aromatic N) is 2. The maximum absolute atomic E-state index is 11.7. The third-order valence-electron chi connectivity index (χ3n) is 2.22. The third kappa shape index (κ3) is 3.26. The number of hydrogen-bond donors (Lipinski definition) is 0. The molecule has 1 heterocycles. The SMILES string of the molecule is CCOCc1noc(C(C)(C)C(=O)OCC)n1. The Bertz CT molecular complexity index is 373. The summed E-state index contributed by atoms with van der Waals surface area (Å²) in [4.78, 5) is 15.8. The predicted octanol–water partition coefficient (Wildman–Crippen LogP) is 1.45. The fourth-order valence-corrected chi connectivity index (χ4v) is 1.16. The molecule has 1 rings (SSSR count). The normalized spacial score (nSPS) is 11.5. The van der Waals surface area contributed by atoms with Gasteiger partial charge in [0.05, 0.1) is 6.61 Å². The zero-order valence-electron chi connectivity index (χ0n) is 10.6. The van der Waals surface area contributed by atoms with Gasteiger partial charge in [-0.1, -0.05) is 5.16 Å². The third-order valence-corrected chi connectivity index (χ3v) is 2.22. The molecule has 0 unspecified atom stereocenters. The topological polar surface area (TPSA) is 74.5 Å². The van der Waals surface area contributed by atoms with E-state index in [-0.39, 0.29) is 18.5 Å². The zero-order valence-corrected chi connectivity index (χ0v) is 10.6. The quantitative estimate of drug-likeness (QED) is 0.703. The Morgan fingerprint density at radius 3 is 2.65 bits per heavy atom. The molecule has 6 heteroatoms. The first-order chi connectivity index (χ1) is 8.02. The maximum Gasteiger partial charge on any atom is 0.321 e. The molecule has 0 radical (unpaired) electrons. The van der Waals surface area contributed by atoms with Crippen LogP contribution in [0.5, 0.6) is 0 Å². The molecule has 6 nitrogen and oxygen atoms in total. The van der Waals surface area contributed by atoms with E-state index in [9.17, 15) is 4.79 Å². The van der Waals surface area contributed by atoms with Crippen molar-refractivity contribution in [1.29, 1.82) is 0 Å². The predicted molar refractivity (Wildman–Crippen MR) is 59.3 cm³/mol. The van der Waals surface area contributed by atoms with E-state index in [2.05, 4.69) is 10.1 Å². The molecule has 0 fully saturated rings. The number of aromatic nitrogens is 2. The van der Waals surface area contributed by atoms with E-state index >= 15 is 0 Å². The van der Waals surface area contributed by atoms with Gasteiger partial charge >= 0.3 is 5.97 Å². The monoisotopic (exact) mass is 242 g/mol. The first kappa shape index (κ1) is 13.6. The molecular formula is C11H18N2O4. The van der Waals surface area contributed by atoms with Gasteiger partial charge in [0.2, 0.25) is 5.89 Å². The second kappa shape index (κ2) is 5.77. The molecule has 0 N–H and O–H groups in total. The largest absolute Gasteiger partial charge is 0.465 e. The van der Waals surface area contributed by atoms with Crippen LogP contribution in [0.4, 0.5) is 0 Å². The average molecular weight is 242 g/mol. The van der Waals surface area contributed by atoms with Gasteiger partial charge in [0, 0.05) is 6.61 Å². The van der Waals surface area contributed by atoms with Gasteiger partial charge in [0.1, 0.15) is 12.0 Å². The minimum absolute atomic E-state index is 0.241. The Morgan fingerprint density at radius 1 is 1.35 bits per heavy atom. The van der Waals surface area contributed by atoms with Crippen LogP contribution in [0.15, 0.2) is 4.52 Å². The van der Waals surface area contributed by atoms with Crippen LogP contribution in [0.3, 0.4) is 0 Å². The number of rotatable bonds is 6. The summed E-state index contributed by atoms with van der Waals surface area (Å²) < 4.78 is 15.2. The van der Waals surface area contributed by atoms with Gasteiger partial charge < -0.3 is 14.0 Å². The Labute approximate surface area is 100 Å². The standard InChI is InChI=1S/C11H18N2O4/c1-5-15-7-8-12-9(17-13-8)11(3,4)10(14)16-6-2/h5-7H2,1-4H3. The number of carbonyl (C=O) groups is 1. The lowest BCUT2D eigenvalue weighted by molar-refractivity contribution is -0.149. The molecule has 1 aromatic heterocycles. The highest BCUT2D eigenvalue weighted by atomic mass is 16.5. The number of ether oxygens (including phenoxy) is 2. The molecule has 17 heavy (non-hydrogen) atoms. The second-order valence-corrected chi connectivity index (χ2v) is 4.00. The molecule has 0 amide bonds. The summed E-state index contributed by atoms with van der Waals surface area (Å²) in [5, 5.41) is 3.74. The highest BCUT2D eigenvalue weighted by Crippen LogP contribution is 2.23. The van der Waals surface area contributed by atoms with Crippen LogP contribution in [0, 0.1) is 0 Å². The van der Waals surface area contributed by atoms with Crippen molar-refractivity contribution in [1.82, 2.24) is 10.1 Å². The molecule has 0 aromatic carbocycles. The lowest BCUT2D eigenvalue weighted by Crippen LogP contribution is -2.31. The summed E-state index contributed by atoms with van der Waals surface area (Å²) in [7, 11) is 0. The lowest BCUT2D eigenvalue weighted by atomic mass is 9.94. The van der Waals surface area contributed by atoms with Crippen LogP contribution in [0.25, 0.3) is 0 Å². The summed E-state index contributed by atoms with van der Waals surface area (Å²) >= 11 is 0. The van der Waals surface area contributed by atoms with E-state index in [1.165, 1.54) is 0 Å². The fourth-order valence-electron chi connectivity index (χ4n) is 1.16. The van der Waals surface area contributed by atoms with E-state index in [1.54, 1.807) is 20.8 Å². The molecule has 0 aliphatic rings. The van der Waals surface area contributed by atoms with Crippen molar-refractivity contribution in [3.63, 3.8) is 0 Å². The molecule has 0 bridgehead atoms. The number of carbonyl (C=O) groups excluding carboxylic acids is 1. The summed E-state index contributed by atoms with van der Waals surface area (Å²) in [6, 6.07) is 0. The summed E-state index contributed by atoms with van der Waals surface area (Å²) in [6.07, 6.45) is 0. The fraction of sp³-hybridized carbons (Fsp3) is 0.727. The van der Waals surface area contributed by atoms with Gasteiger partial charge in [-0.15, -0.1) is 0 Å². The molecule has 96 valence electrons. The molecule has 0 aliphatic heterocycles. The van der Waals surface area contributed by atoms with Gasteiger partial charge in [-0.2, -0.15) is 4.98 Å². The van der Waals surface area contributed by atoms with Crippen LogP contribution in [-0.4, -0.2) is 29.3 Å². The van der Waals surface area contributed by atoms with Crippen LogP contribution >= 0.6 is 0 Å². The van der Waals surface area contributed by atoms with E-state index in [1.807, 2.05) is 6.92 Å². The molecule has 0 spiro atoms. The number of hydrogen-bond acceptors (Lipinski definition) is 6. The van der Waals surface area contributed by atoms with Gasteiger partial charge in [-0.05, 0) is 27.7 Å².